The van der Waals surface area contributed by atoms with Gasteiger partial charge in [0, 0.05) is 12.3 Å². The lowest BCUT2D eigenvalue weighted by Gasteiger charge is -2.16. The lowest BCUT2D eigenvalue weighted by molar-refractivity contribution is -0.105. The van der Waals surface area contributed by atoms with Gasteiger partial charge >= 0.3 is 0 Å². The van der Waals surface area contributed by atoms with E-state index in [9.17, 15) is 4.79 Å². The highest BCUT2D eigenvalue weighted by molar-refractivity contribution is 7.99. The second kappa shape index (κ2) is 9.25. The van der Waals surface area contributed by atoms with Crippen molar-refractivity contribution < 1.29 is 4.79 Å². The van der Waals surface area contributed by atoms with E-state index < -0.39 is 0 Å². The second-order valence-corrected chi connectivity index (χ2v) is 5.28. The molecule has 0 aliphatic carbocycles. The molecule has 0 saturated heterocycles. The van der Waals surface area contributed by atoms with Gasteiger partial charge in [-0.3, -0.25) is 0 Å². The molecule has 0 radical (unpaired) electrons. The number of carbonyl (C=O) groups is 1. The van der Waals surface area contributed by atoms with Crippen molar-refractivity contribution in [3.63, 3.8) is 0 Å². The van der Waals surface area contributed by atoms with Crippen LogP contribution in [0.15, 0.2) is 30.3 Å². The van der Waals surface area contributed by atoms with E-state index in [1.807, 2.05) is 0 Å². The van der Waals surface area contributed by atoms with Gasteiger partial charge in [-0.15, -0.1) is 0 Å². The molecule has 0 bridgehead atoms. The number of carbonyl (C=O) groups excluding carboxylic acids is 1. The summed E-state index contributed by atoms with van der Waals surface area (Å²) < 4.78 is 0. The third-order valence-corrected chi connectivity index (χ3v) is 3.59. The third-order valence-electron chi connectivity index (χ3n) is 2.64. The van der Waals surface area contributed by atoms with Crippen LogP contribution in [-0.2, 0) is 11.2 Å². The Hall–Kier alpha value is -0.800. The Bertz CT molecular complexity index is 302. The van der Waals surface area contributed by atoms with Crippen molar-refractivity contribution in [3.8, 4) is 0 Å². The van der Waals surface area contributed by atoms with Crippen LogP contribution in [0.2, 0.25) is 0 Å². The normalized spacial score (nSPS) is 10.7. The monoisotopic (exact) mass is 251 g/mol. The zero-order chi connectivity index (χ0) is 12.3. The van der Waals surface area contributed by atoms with Gasteiger partial charge in [-0.05, 0) is 37.8 Å². The van der Waals surface area contributed by atoms with Crippen LogP contribution in [0.3, 0.4) is 0 Å². The van der Waals surface area contributed by atoms with Crippen molar-refractivity contribution in [2.24, 2.45) is 0 Å². The quantitative estimate of drug-likeness (QED) is 0.497. The molecule has 0 unspecified atom stereocenters. The topological polar surface area (TPSA) is 20.3 Å². The zero-order valence-electron chi connectivity index (χ0n) is 10.5. The van der Waals surface area contributed by atoms with Gasteiger partial charge in [0.05, 0.1) is 0 Å². The summed E-state index contributed by atoms with van der Waals surface area (Å²) in [6, 6.07) is 10.6. The van der Waals surface area contributed by atoms with Crippen molar-refractivity contribution in [1.82, 2.24) is 4.90 Å². The summed E-state index contributed by atoms with van der Waals surface area (Å²) in [6.45, 7) is 2.21. The minimum atomic E-state index is 0.633. The first-order valence-corrected chi connectivity index (χ1v) is 7.22. The molecule has 0 heterocycles. The Balaban J connectivity index is 2.05. The third kappa shape index (κ3) is 7.18. The molecule has 0 spiro atoms. The molecule has 0 atom stereocenters. The summed E-state index contributed by atoms with van der Waals surface area (Å²) in [4.78, 5) is 12.5. The molecule has 0 aliphatic rings. The van der Waals surface area contributed by atoms with E-state index in [1.54, 1.807) is 11.8 Å². The molecule has 1 rings (SSSR count). The predicted molar refractivity (Wildman–Crippen MR) is 75.6 cm³/mol. The van der Waals surface area contributed by atoms with Crippen LogP contribution in [0, 0.1) is 0 Å². The molecule has 1 aromatic rings. The molecule has 0 N–H and O–H groups in total. The van der Waals surface area contributed by atoms with Crippen molar-refractivity contribution in [3.05, 3.63) is 35.9 Å². The van der Waals surface area contributed by atoms with Gasteiger partial charge in [0.25, 0.3) is 0 Å². The molecular weight excluding hydrogens is 230 g/mol. The van der Waals surface area contributed by atoms with E-state index in [-0.39, 0.29) is 0 Å². The average Bonchev–Trinajstić information content (AvgIpc) is 2.37. The van der Waals surface area contributed by atoms with Crippen LogP contribution in [0.4, 0.5) is 0 Å². The number of aldehydes is 1. The summed E-state index contributed by atoms with van der Waals surface area (Å²) in [5.74, 6) is 1.71. The Morgan fingerprint density at radius 2 is 2.00 bits per heavy atom. The Kier molecular flexibility index (Phi) is 7.76. The van der Waals surface area contributed by atoms with Gasteiger partial charge in [0.1, 0.15) is 6.29 Å². The molecule has 0 aromatic heterocycles. The number of likely N-dealkylation sites (N-methyl/N-ethyl adjacent to an activating group) is 1. The summed E-state index contributed by atoms with van der Waals surface area (Å²) in [5.41, 5.74) is 1.40. The van der Waals surface area contributed by atoms with Crippen molar-refractivity contribution in [2.75, 3.05) is 31.6 Å². The molecule has 0 fully saturated rings. The van der Waals surface area contributed by atoms with Gasteiger partial charge in [-0.25, -0.2) is 0 Å². The predicted octanol–water partition coefficient (Wildman–Crippen LogP) is 2.48. The maximum atomic E-state index is 10.1. The van der Waals surface area contributed by atoms with Crippen LogP contribution in [-0.4, -0.2) is 42.8 Å². The Morgan fingerprint density at radius 3 is 2.71 bits per heavy atom. The zero-order valence-corrected chi connectivity index (χ0v) is 11.3. The van der Waals surface area contributed by atoms with E-state index in [1.165, 1.54) is 5.56 Å². The molecule has 0 aliphatic heterocycles. The van der Waals surface area contributed by atoms with Crippen LogP contribution in [0.1, 0.15) is 12.0 Å². The van der Waals surface area contributed by atoms with Gasteiger partial charge in [0.15, 0.2) is 0 Å². The summed E-state index contributed by atoms with van der Waals surface area (Å²) in [7, 11) is 2.16. The molecule has 94 valence electrons. The molecular formula is C14H21NOS. The SMILES string of the molecule is CN(CCCSCC=O)CCc1ccccc1. The standard InChI is InChI=1S/C14H21NOS/c1-15(9-5-12-17-13-11-16)10-8-14-6-3-2-4-7-14/h2-4,6-7,11H,5,8-10,12-13H2,1H3. The van der Waals surface area contributed by atoms with Gasteiger partial charge in [-0.2, -0.15) is 11.8 Å². The molecule has 0 saturated carbocycles. The first-order valence-electron chi connectivity index (χ1n) is 6.07. The maximum Gasteiger partial charge on any atom is 0.129 e. The van der Waals surface area contributed by atoms with E-state index in [4.69, 9.17) is 0 Å². The molecule has 0 amide bonds. The van der Waals surface area contributed by atoms with E-state index in [0.29, 0.717) is 5.75 Å². The Labute approximate surface area is 108 Å². The summed E-state index contributed by atoms with van der Waals surface area (Å²) >= 11 is 1.71. The largest absolute Gasteiger partial charge is 0.306 e. The first-order chi connectivity index (χ1) is 8.33. The van der Waals surface area contributed by atoms with Crippen LogP contribution >= 0.6 is 11.8 Å². The fourth-order valence-electron chi connectivity index (χ4n) is 1.64. The highest BCUT2D eigenvalue weighted by Gasteiger charge is 1.99. The number of benzene rings is 1. The van der Waals surface area contributed by atoms with E-state index in [2.05, 4.69) is 42.3 Å². The maximum absolute atomic E-state index is 10.1. The van der Waals surface area contributed by atoms with Crippen LogP contribution in [0.5, 0.6) is 0 Å². The summed E-state index contributed by atoms with van der Waals surface area (Å²) in [5, 5.41) is 0. The number of nitrogens with zero attached hydrogens (tertiary/aromatic N) is 1. The van der Waals surface area contributed by atoms with Gasteiger partial charge < -0.3 is 9.69 Å². The minimum absolute atomic E-state index is 0.633. The van der Waals surface area contributed by atoms with Crippen molar-refractivity contribution in [2.45, 2.75) is 12.8 Å². The summed E-state index contributed by atoms with van der Waals surface area (Å²) in [6.07, 6.45) is 3.24. The molecule has 3 heteroatoms. The minimum Gasteiger partial charge on any atom is -0.306 e. The number of thioether (sulfide) groups is 1. The average molecular weight is 251 g/mol. The van der Waals surface area contributed by atoms with Crippen molar-refractivity contribution >= 4 is 18.0 Å². The lowest BCUT2D eigenvalue weighted by Crippen LogP contribution is -2.22. The van der Waals surface area contributed by atoms with Crippen molar-refractivity contribution in [1.29, 1.82) is 0 Å². The van der Waals surface area contributed by atoms with Crippen LogP contribution < -0.4 is 0 Å². The van der Waals surface area contributed by atoms with Crippen LogP contribution in [0.25, 0.3) is 0 Å². The first kappa shape index (κ1) is 14.3. The van der Waals surface area contributed by atoms with E-state index >= 15 is 0 Å². The molecule has 17 heavy (non-hydrogen) atoms. The number of hydrogen-bond acceptors (Lipinski definition) is 3. The highest BCUT2D eigenvalue weighted by atomic mass is 32.2. The fourth-order valence-corrected chi connectivity index (χ4v) is 2.24. The smallest absolute Gasteiger partial charge is 0.129 e. The lowest BCUT2D eigenvalue weighted by atomic mass is 10.1. The highest BCUT2D eigenvalue weighted by Crippen LogP contribution is 2.03. The second-order valence-electron chi connectivity index (χ2n) is 4.13. The molecule has 1 aromatic carbocycles. The van der Waals surface area contributed by atoms with E-state index in [0.717, 1.165) is 38.0 Å². The van der Waals surface area contributed by atoms with Gasteiger partial charge in [0.2, 0.25) is 0 Å². The van der Waals surface area contributed by atoms with Gasteiger partial charge in [-0.1, -0.05) is 30.3 Å². The molecule has 2 nitrogen and oxygen atoms in total. The number of hydrogen-bond donors (Lipinski definition) is 0. The fraction of sp³-hybridized carbons (Fsp3) is 0.500. The Morgan fingerprint density at radius 1 is 1.24 bits per heavy atom. The number of rotatable bonds is 9.